The van der Waals surface area contributed by atoms with Crippen LogP contribution in [0.4, 0.5) is 0 Å². The lowest BCUT2D eigenvalue weighted by Gasteiger charge is -2.41. The van der Waals surface area contributed by atoms with Crippen LogP contribution in [0.3, 0.4) is 0 Å². The largest absolute Gasteiger partial charge is 0.437 e. The summed E-state index contributed by atoms with van der Waals surface area (Å²) in [6.45, 7) is 22.4. The van der Waals surface area contributed by atoms with Gasteiger partial charge in [-0.1, -0.05) is 0 Å². The number of hydrogen-bond acceptors (Lipinski definition) is 5. The van der Waals surface area contributed by atoms with Crippen LogP contribution in [0.15, 0.2) is 0 Å². The highest BCUT2D eigenvalue weighted by molar-refractivity contribution is 6.89. The van der Waals surface area contributed by atoms with Crippen LogP contribution in [0.1, 0.15) is 13.3 Å². The second-order valence-electron chi connectivity index (χ2n) is 9.09. The summed E-state index contributed by atoms with van der Waals surface area (Å²) in [5, 5.41) is 9.26. The zero-order chi connectivity index (χ0) is 19.2. The standard InChI is InChI=1S/C15H40O5Si4/c1-15(16)14-17-12-11-13-24(10,19-22(5,6)7)20-23(8,9)18-21(2,3)4/h15-16H,11-14H2,1-10H3. The first-order valence-corrected chi connectivity index (χ1v) is 21.1. The summed E-state index contributed by atoms with van der Waals surface area (Å²) >= 11 is 0. The van der Waals surface area contributed by atoms with Gasteiger partial charge >= 0.3 is 17.1 Å². The molecule has 0 aromatic heterocycles. The summed E-state index contributed by atoms with van der Waals surface area (Å²) < 4.78 is 25.0. The van der Waals surface area contributed by atoms with E-state index < -0.39 is 39.9 Å². The molecule has 0 spiro atoms. The monoisotopic (exact) mass is 412 g/mol. The highest BCUT2D eigenvalue weighted by Crippen LogP contribution is 2.27. The summed E-state index contributed by atoms with van der Waals surface area (Å²) in [5.74, 6) is 0. The summed E-state index contributed by atoms with van der Waals surface area (Å²) in [6.07, 6.45) is 0.469. The van der Waals surface area contributed by atoms with Crippen molar-refractivity contribution in [2.75, 3.05) is 13.2 Å². The van der Waals surface area contributed by atoms with E-state index in [4.69, 9.17) is 17.1 Å². The quantitative estimate of drug-likeness (QED) is 0.383. The summed E-state index contributed by atoms with van der Waals surface area (Å²) in [5.41, 5.74) is 0. The third kappa shape index (κ3) is 13.9. The van der Waals surface area contributed by atoms with Crippen molar-refractivity contribution in [1.29, 1.82) is 0 Å². The maximum Gasteiger partial charge on any atom is 0.315 e. The first-order valence-electron chi connectivity index (χ1n) is 8.90. The van der Waals surface area contributed by atoms with Crippen molar-refractivity contribution in [2.45, 2.75) is 84.4 Å². The van der Waals surface area contributed by atoms with E-state index in [0.717, 1.165) is 12.5 Å². The summed E-state index contributed by atoms with van der Waals surface area (Å²) in [4.78, 5) is 0. The Bertz CT molecular complexity index is 366. The fourth-order valence-electron chi connectivity index (χ4n) is 2.80. The van der Waals surface area contributed by atoms with Crippen LogP contribution in [-0.2, 0) is 17.1 Å². The summed E-state index contributed by atoms with van der Waals surface area (Å²) in [6, 6.07) is 0.891. The third-order valence-corrected chi connectivity index (χ3v) is 16.4. The second-order valence-corrected chi connectivity index (χ2v) is 25.6. The van der Waals surface area contributed by atoms with E-state index in [-0.39, 0.29) is 0 Å². The van der Waals surface area contributed by atoms with Crippen molar-refractivity contribution in [3.8, 4) is 0 Å². The van der Waals surface area contributed by atoms with Crippen LogP contribution >= 0.6 is 0 Å². The zero-order valence-electron chi connectivity index (χ0n) is 17.5. The van der Waals surface area contributed by atoms with Gasteiger partial charge < -0.3 is 22.2 Å². The molecule has 0 saturated heterocycles. The van der Waals surface area contributed by atoms with E-state index in [1.807, 2.05) is 0 Å². The fraction of sp³-hybridized carbons (Fsp3) is 1.00. The van der Waals surface area contributed by atoms with Crippen molar-refractivity contribution >= 4 is 33.8 Å². The maximum atomic E-state index is 9.26. The Balaban J connectivity index is 4.82. The number of ether oxygens (including phenoxy) is 1. The van der Waals surface area contributed by atoms with Gasteiger partial charge in [0.15, 0.2) is 16.6 Å². The second kappa shape index (κ2) is 9.56. The van der Waals surface area contributed by atoms with Crippen LogP contribution in [0.2, 0.25) is 65.0 Å². The minimum Gasteiger partial charge on any atom is -0.437 e. The molecule has 9 heteroatoms. The number of aliphatic hydroxyl groups is 1. The van der Waals surface area contributed by atoms with Gasteiger partial charge in [-0.25, -0.2) is 0 Å². The molecule has 0 aromatic rings. The first-order chi connectivity index (χ1) is 10.5. The van der Waals surface area contributed by atoms with E-state index >= 15 is 0 Å². The Morgan fingerprint density at radius 1 is 0.792 bits per heavy atom. The molecule has 5 nitrogen and oxygen atoms in total. The molecule has 2 unspecified atom stereocenters. The minimum atomic E-state index is -2.32. The van der Waals surface area contributed by atoms with Gasteiger partial charge in [0, 0.05) is 6.61 Å². The fourth-order valence-corrected chi connectivity index (χ4v) is 20.7. The van der Waals surface area contributed by atoms with Crippen LogP contribution in [0.5, 0.6) is 0 Å². The van der Waals surface area contributed by atoms with Crippen LogP contribution in [0.25, 0.3) is 0 Å². The van der Waals surface area contributed by atoms with E-state index in [1.54, 1.807) is 6.92 Å². The maximum absolute atomic E-state index is 9.26. The van der Waals surface area contributed by atoms with E-state index in [1.165, 1.54) is 0 Å². The lowest BCUT2D eigenvalue weighted by molar-refractivity contribution is 0.0461. The summed E-state index contributed by atoms with van der Waals surface area (Å²) in [7, 11) is -7.89. The molecular weight excluding hydrogens is 373 g/mol. The average molecular weight is 413 g/mol. The molecule has 0 saturated carbocycles. The highest BCUT2D eigenvalue weighted by atomic mass is 28.5. The highest BCUT2D eigenvalue weighted by Gasteiger charge is 2.44. The average Bonchev–Trinajstić information content (AvgIpc) is 2.19. The molecule has 0 aliphatic carbocycles. The molecule has 0 aliphatic heterocycles. The van der Waals surface area contributed by atoms with Crippen molar-refractivity contribution in [3.05, 3.63) is 0 Å². The van der Waals surface area contributed by atoms with Gasteiger partial charge in [0.2, 0.25) is 0 Å². The molecule has 24 heavy (non-hydrogen) atoms. The lowest BCUT2D eigenvalue weighted by atomic mass is 10.4. The zero-order valence-corrected chi connectivity index (χ0v) is 21.5. The Kier molecular flexibility index (Phi) is 9.82. The van der Waals surface area contributed by atoms with Crippen molar-refractivity contribution < 1.29 is 22.2 Å². The van der Waals surface area contributed by atoms with Crippen LogP contribution < -0.4 is 0 Å². The molecule has 0 fully saturated rings. The molecule has 0 amide bonds. The number of hydrogen-bond donors (Lipinski definition) is 1. The van der Waals surface area contributed by atoms with Gasteiger partial charge in [0.1, 0.15) is 0 Å². The third-order valence-electron chi connectivity index (χ3n) is 2.81. The predicted octanol–water partition coefficient (Wildman–Crippen LogP) is 4.27. The first kappa shape index (κ1) is 24.7. The topological polar surface area (TPSA) is 57.2 Å². The normalized spacial score (nSPS) is 17.6. The van der Waals surface area contributed by atoms with E-state index in [2.05, 4.69) is 58.9 Å². The van der Waals surface area contributed by atoms with Gasteiger partial charge in [-0.3, -0.25) is 0 Å². The minimum absolute atomic E-state index is 0.382. The molecule has 1 N–H and O–H groups in total. The van der Waals surface area contributed by atoms with Gasteiger partial charge in [-0.05, 0) is 78.3 Å². The van der Waals surface area contributed by atoms with Crippen LogP contribution in [0, 0.1) is 0 Å². The molecule has 0 aliphatic rings. The van der Waals surface area contributed by atoms with Gasteiger partial charge in [0.25, 0.3) is 0 Å². The Morgan fingerprint density at radius 3 is 1.71 bits per heavy atom. The van der Waals surface area contributed by atoms with Gasteiger partial charge in [-0.15, -0.1) is 0 Å². The number of aliphatic hydroxyl groups excluding tert-OH is 1. The molecule has 2 atom stereocenters. The molecule has 0 radical (unpaired) electrons. The predicted molar refractivity (Wildman–Crippen MR) is 111 cm³/mol. The molecule has 0 heterocycles. The smallest absolute Gasteiger partial charge is 0.315 e. The van der Waals surface area contributed by atoms with Gasteiger partial charge in [-0.2, -0.15) is 0 Å². The molecule has 0 rings (SSSR count). The van der Waals surface area contributed by atoms with Crippen LogP contribution in [-0.4, -0.2) is 58.2 Å². The van der Waals surface area contributed by atoms with Gasteiger partial charge in [0.05, 0.1) is 12.7 Å². The molecule has 0 bridgehead atoms. The van der Waals surface area contributed by atoms with E-state index in [0.29, 0.717) is 13.2 Å². The van der Waals surface area contributed by atoms with E-state index in [9.17, 15) is 5.11 Å². The Labute approximate surface area is 153 Å². The molecule has 0 aromatic carbocycles. The van der Waals surface area contributed by atoms with Crippen molar-refractivity contribution in [3.63, 3.8) is 0 Å². The number of rotatable bonds is 12. The van der Waals surface area contributed by atoms with Crippen molar-refractivity contribution in [2.24, 2.45) is 0 Å². The Hall–Kier alpha value is 0.668. The Morgan fingerprint density at radius 2 is 1.29 bits per heavy atom. The SMILES string of the molecule is CC(O)COCCC[Si](C)(O[Si](C)(C)C)O[Si](C)(C)O[Si](C)(C)C. The lowest BCUT2D eigenvalue weighted by Crippen LogP contribution is -2.56. The molecular formula is C15H40O5Si4. The van der Waals surface area contributed by atoms with Crippen molar-refractivity contribution in [1.82, 2.24) is 0 Å². The molecule has 146 valence electrons.